The van der Waals surface area contributed by atoms with Crippen LogP contribution in [-0.2, 0) is 57.1 Å². The van der Waals surface area contributed by atoms with Crippen LogP contribution in [0.5, 0.6) is 0 Å². The van der Waals surface area contributed by atoms with Gasteiger partial charge >= 0.3 is 24.0 Å². The number of aliphatic imine (C=N–C) groups is 2. The van der Waals surface area contributed by atoms with Crippen LogP contribution in [0, 0.1) is 11.8 Å². The predicted molar refractivity (Wildman–Crippen MR) is 260 cm³/mol. The zero-order valence-corrected chi connectivity index (χ0v) is 42.1. The van der Waals surface area contributed by atoms with Gasteiger partial charge in [0.05, 0.1) is 71.4 Å². The Morgan fingerprint density at radius 3 is 1.68 bits per heavy atom. The van der Waals surface area contributed by atoms with Crippen molar-refractivity contribution in [1.82, 2.24) is 10.2 Å². The first-order valence-corrected chi connectivity index (χ1v) is 24.6. The van der Waals surface area contributed by atoms with Crippen LogP contribution in [0.1, 0.15) is 78.6 Å². The van der Waals surface area contributed by atoms with E-state index in [1.807, 2.05) is 6.92 Å². The molecular weight excluding hydrogens is 969 g/mol. The molecule has 0 bridgehead atoms. The van der Waals surface area contributed by atoms with Gasteiger partial charge in [0, 0.05) is 44.5 Å². The number of carbonyl (C=O) groups excluding carboxylic acids is 3. The van der Waals surface area contributed by atoms with Crippen molar-refractivity contribution in [2.24, 2.45) is 44.8 Å². The molecule has 2 aliphatic heterocycles. The molecule has 15 N–H and O–H groups in total. The number of unbranched alkanes of at least 4 members (excludes halogenated alkanes) is 4. The minimum Gasteiger partial charge on any atom is -0.480 e. The number of hydrogen-bond donors (Lipinski definition) is 11. The first-order valence-electron chi connectivity index (χ1n) is 24.6. The van der Waals surface area contributed by atoms with Gasteiger partial charge in [-0.1, -0.05) is 27.2 Å². The van der Waals surface area contributed by atoms with E-state index in [-0.39, 0.29) is 50.4 Å². The minimum absolute atomic E-state index is 0.0975. The zero-order valence-electron chi connectivity index (χ0n) is 42.1. The Morgan fingerprint density at radius 2 is 1.18 bits per heavy atom. The van der Waals surface area contributed by atoms with Gasteiger partial charge in [0.25, 0.3) is 0 Å². The fourth-order valence-corrected chi connectivity index (χ4v) is 7.57. The standard InChI is InChI=1S/C46H80N8O19/c1-4-16-66-18-20-68-22-23-69-21-19-67-17-12-36(58)54(14-9-5-7-11-37(59)73-41(32(56)26-55)40-29(3)31(53-45(49)50)25-35(72-40)43(63)64)15-10-6-8-13-51-46(65)70-27-33(57)38(60)39-28(2)30(52-44(47)48)24-34(71-39)42(61)62/h24-25,28-33,38-41,55-57,60H,4-23,26-27H2,1-3H3,(H,51,65)(H,61,62)(H,63,64)(H4,47,48,52)(H4,49,50,53)/t28-,29-,30+,31+,32-,33-,38-,39-,40-,41?/m1/s1. The van der Waals surface area contributed by atoms with E-state index in [2.05, 4.69) is 15.3 Å². The molecule has 2 heterocycles. The number of carboxylic acids is 2. The number of alkyl carbamates (subject to hydrolysis) is 1. The van der Waals surface area contributed by atoms with Gasteiger partial charge in [0.1, 0.15) is 37.1 Å². The van der Waals surface area contributed by atoms with Crippen molar-refractivity contribution in [3.8, 4) is 0 Å². The monoisotopic (exact) mass is 1050 g/mol. The number of nitrogens with zero attached hydrogens (tertiary/aromatic N) is 3. The summed E-state index contributed by atoms with van der Waals surface area (Å²) in [6.07, 6.45) is -3.50. The molecule has 73 heavy (non-hydrogen) atoms. The van der Waals surface area contributed by atoms with Gasteiger partial charge < -0.3 is 102 Å². The second-order valence-corrected chi connectivity index (χ2v) is 17.4. The van der Waals surface area contributed by atoms with Gasteiger partial charge in [-0.05, 0) is 50.7 Å². The third-order valence-electron chi connectivity index (χ3n) is 11.5. The molecule has 0 saturated heterocycles. The molecule has 0 radical (unpaired) electrons. The highest BCUT2D eigenvalue weighted by molar-refractivity contribution is 5.85. The highest BCUT2D eigenvalue weighted by atomic mass is 16.6. The first kappa shape index (κ1) is 63.6. The summed E-state index contributed by atoms with van der Waals surface area (Å²) in [5.74, 6) is -6.80. The number of rotatable bonds is 38. The number of carboxylic acid groups (broad SMARTS) is 2. The van der Waals surface area contributed by atoms with E-state index in [9.17, 15) is 54.6 Å². The number of aliphatic hydroxyl groups is 4. The van der Waals surface area contributed by atoms with Gasteiger partial charge in [0.15, 0.2) is 18.0 Å². The molecule has 27 heteroatoms. The molecular formula is C46H80N8O19. The number of carbonyl (C=O) groups is 5. The summed E-state index contributed by atoms with van der Waals surface area (Å²) in [7, 11) is 0. The predicted octanol–water partition coefficient (Wildman–Crippen LogP) is -1.58. The Balaban J connectivity index is 1.89. The summed E-state index contributed by atoms with van der Waals surface area (Å²) in [4.78, 5) is 72.0. The second-order valence-electron chi connectivity index (χ2n) is 17.4. The van der Waals surface area contributed by atoms with E-state index in [4.69, 9.17) is 60.8 Å². The molecule has 0 saturated carbocycles. The van der Waals surface area contributed by atoms with E-state index in [1.165, 1.54) is 12.2 Å². The molecule has 418 valence electrons. The van der Waals surface area contributed by atoms with Crippen molar-refractivity contribution in [1.29, 1.82) is 0 Å². The third-order valence-corrected chi connectivity index (χ3v) is 11.5. The fourth-order valence-electron chi connectivity index (χ4n) is 7.57. The number of aliphatic carboxylic acids is 2. The Bertz CT molecular complexity index is 1800. The molecule has 2 rings (SSSR count). The van der Waals surface area contributed by atoms with Gasteiger partial charge in [0.2, 0.25) is 17.4 Å². The highest BCUT2D eigenvalue weighted by Crippen LogP contribution is 2.31. The summed E-state index contributed by atoms with van der Waals surface area (Å²) in [5.41, 5.74) is 22.0. The highest BCUT2D eigenvalue weighted by Gasteiger charge is 2.44. The average molecular weight is 1050 g/mol. The normalized spacial score (nSPS) is 21.1. The zero-order chi connectivity index (χ0) is 54.3. The molecule has 0 aromatic heterocycles. The Labute approximate surface area is 425 Å². The summed E-state index contributed by atoms with van der Waals surface area (Å²) < 4.78 is 43.6. The molecule has 0 aromatic rings. The number of esters is 1. The van der Waals surface area contributed by atoms with Crippen LogP contribution in [0.15, 0.2) is 33.7 Å². The number of nitrogens with one attached hydrogen (secondary N) is 1. The van der Waals surface area contributed by atoms with E-state index in [0.29, 0.717) is 91.3 Å². The van der Waals surface area contributed by atoms with Crippen LogP contribution in [-0.4, -0.2) is 212 Å². The maximum Gasteiger partial charge on any atom is 0.407 e. The first-order chi connectivity index (χ1) is 34.8. The molecule has 1 unspecified atom stereocenters. The van der Waals surface area contributed by atoms with E-state index < -0.39 is 109 Å². The number of aliphatic hydroxyl groups excluding tert-OH is 4. The summed E-state index contributed by atoms with van der Waals surface area (Å²) in [6.45, 7) is 7.89. The van der Waals surface area contributed by atoms with Crippen LogP contribution in [0.3, 0.4) is 0 Å². The van der Waals surface area contributed by atoms with Crippen LogP contribution in [0.4, 0.5) is 4.79 Å². The van der Waals surface area contributed by atoms with Gasteiger partial charge in [-0.25, -0.2) is 24.4 Å². The van der Waals surface area contributed by atoms with Gasteiger partial charge in [-0.15, -0.1) is 0 Å². The number of hydrogen-bond acceptors (Lipinski definition) is 19. The van der Waals surface area contributed by atoms with Crippen LogP contribution < -0.4 is 28.3 Å². The van der Waals surface area contributed by atoms with Crippen molar-refractivity contribution in [2.45, 2.75) is 127 Å². The van der Waals surface area contributed by atoms with Gasteiger partial charge in [-0.3, -0.25) is 9.59 Å². The third kappa shape index (κ3) is 24.8. The lowest BCUT2D eigenvalue weighted by Gasteiger charge is -2.38. The average Bonchev–Trinajstić information content (AvgIpc) is 3.34. The van der Waals surface area contributed by atoms with Crippen molar-refractivity contribution < 1.29 is 92.5 Å². The molecule has 2 aliphatic rings. The molecule has 2 amide bonds. The van der Waals surface area contributed by atoms with Crippen molar-refractivity contribution in [3.05, 3.63) is 23.7 Å². The topological polar surface area (TPSA) is 425 Å². The lowest BCUT2D eigenvalue weighted by molar-refractivity contribution is -0.176. The Kier molecular flexibility index (Phi) is 31.0. The lowest BCUT2D eigenvalue weighted by Crippen LogP contribution is -2.51. The fraction of sp³-hybridized carbons (Fsp3) is 0.761. The summed E-state index contributed by atoms with van der Waals surface area (Å²) in [5, 5.41) is 63.4. The Hall–Kier alpha value is -5.55. The van der Waals surface area contributed by atoms with E-state index in [1.54, 1.807) is 18.7 Å². The molecule has 27 nitrogen and oxygen atoms in total. The van der Waals surface area contributed by atoms with Crippen molar-refractivity contribution in [3.63, 3.8) is 0 Å². The van der Waals surface area contributed by atoms with Crippen molar-refractivity contribution in [2.75, 3.05) is 85.7 Å². The van der Waals surface area contributed by atoms with Crippen LogP contribution >= 0.6 is 0 Å². The van der Waals surface area contributed by atoms with Crippen LogP contribution in [0.25, 0.3) is 0 Å². The summed E-state index contributed by atoms with van der Waals surface area (Å²) in [6, 6.07) is -1.76. The maximum absolute atomic E-state index is 13.4. The number of nitrogens with two attached hydrogens (primary N) is 4. The minimum atomic E-state index is -1.68. The van der Waals surface area contributed by atoms with Crippen LogP contribution in [0.2, 0.25) is 0 Å². The lowest BCUT2D eigenvalue weighted by atomic mass is 9.87. The summed E-state index contributed by atoms with van der Waals surface area (Å²) >= 11 is 0. The van der Waals surface area contributed by atoms with Gasteiger partial charge in [-0.2, -0.15) is 0 Å². The molecule has 0 fully saturated rings. The van der Waals surface area contributed by atoms with E-state index >= 15 is 0 Å². The van der Waals surface area contributed by atoms with Crippen molar-refractivity contribution >= 4 is 41.8 Å². The number of ether oxygens (including phenoxy) is 8. The molecule has 10 atom stereocenters. The SMILES string of the molecule is CCCOCCOCCOCCOCCC(=O)N(CCCCCNC(=O)OC[C@@H](O)[C@@H](O)[C@@H]1OC(C(=O)O)=C[C@H](N=C(N)N)[C@H]1C)CCCCCC(=O)OC([C@H](O)CO)[C@@H]1OC(C(=O)O)=C[C@H](N=C(N)N)[C@H]1C. The van der Waals surface area contributed by atoms with E-state index in [0.717, 1.165) is 6.42 Å². The maximum atomic E-state index is 13.4. The number of amides is 2. The molecule has 0 spiro atoms. The number of guanidine groups is 2. The smallest absolute Gasteiger partial charge is 0.407 e. The Morgan fingerprint density at radius 1 is 0.685 bits per heavy atom. The quantitative estimate of drug-likeness (QED) is 0.0144. The molecule has 0 aliphatic carbocycles. The molecule has 0 aromatic carbocycles. The largest absolute Gasteiger partial charge is 0.480 e. The second kappa shape index (κ2) is 35.6.